The van der Waals surface area contributed by atoms with E-state index in [1.807, 2.05) is 27.7 Å². The van der Waals surface area contributed by atoms with Gasteiger partial charge in [0.05, 0.1) is 6.42 Å². The first-order valence-corrected chi connectivity index (χ1v) is 7.64. The lowest BCUT2D eigenvalue weighted by Crippen LogP contribution is -2.38. The smallest absolute Gasteiger partial charge is 0.344 e. The zero-order valence-electron chi connectivity index (χ0n) is 13.3. The van der Waals surface area contributed by atoms with E-state index in [4.69, 9.17) is 9.47 Å². The fraction of sp³-hybridized carbons (Fsp3) is 0.875. The second kappa shape index (κ2) is 7.09. The fourth-order valence-electron chi connectivity index (χ4n) is 2.62. The van der Waals surface area contributed by atoms with Crippen molar-refractivity contribution in [3.63, 3.8) is 0 Å². The maximum Gasteiger partial charge on any atom is 0.344 e. The average Bonchev–Trinajstić information content (AvgIpc) is 2.35. The molecule has 0 aromatic heterocycles. The van der Waals surface area contributed by atoms with E-state index in [9.17, 15) is 9.59 Å². The normalized spacial score (nSPS) is 18.4. The number of carbonyl (C=O) groups excluding carboxylic acids is 2. The van der Waals surface area contributed by atoms with Gasteiger partial charge in [-0.15, -0.1) is 0 Å². The molecular weight excluding hydrogens is 256 g/mol. The first kappa shape index (κ1) is 17.0. The van der Waals surface area contributed by atoms with Crippen molar-refractivity contribution in [1.82, 2.24) is 0 Å². The lowest BCUT2D eigenvalue weighted by atomic mass is 9.83. The van der Waals surface area contributed by atoms with Gasteiger partial charge in [-0.2, -0.15) is 0 Å². The number of carbonyl (C=O) groups is 2. The summed E-state index contributed by atoms with van der Waals surface area (Å²) in [5.74, 6) is -0.764. The van der Waals surface area contributed by atoms with Gasteiger partial charge in [-0.25, -0.2) is 4.79 Å². The van der Waals surface area contributed by atoms with Gasteiger partial charge in [-0.1, -0.05) is 34.1 Å². The Labute approximate surface area is 122 Å². The average molecular weight is 284 g/mol. The highest BCUT2D eigenvalue weighted by molar-refractivity contribution is 5.76. The molecule has 1 saturated carbocycles. The molecule has 0 N–H and O–H groups in total. The van der Waals surface area contributed by atoms with Crippen molar-refractivity contribution in [2.75, 3.05) is 6.61 Å². The molecular formula is C16H28O4. The van der Waals surface area contributed by atoms with Gasteiger partial charge in [0.25, 0.3) is 0 Å². The van der Waals surface area contributed by atoms with Crippen molar-refractivity contribution in [2.45, 2.75) is 78.2 Å². The summed E-state index contributed by atoms with van der Waals surface area (Å²) in [7, 11) is 0. The summed E-state index contributed by atoms with van der Waals surface area (Å²) >= 11 is 0. The third-order valence-corrected chi connectivity index (χ3v) is 3.77. The standard InChI is InChI=1S/C16H28O4/c1-5-16(9-7-6-8-10-16)20-14(18)12-19-13(17)11-15(2,3)4/h5-12H2,1-4H3. The maximum absolute atomic E-state index is 11.8. The van der Waals surface area contributed by atoms with Crippen molar-refractivity contribution in [2.24, 2.45) is 5.41 Å². The summed E-state index contributed by atoms with van der Waals surface area (Å²) in [5.41, 5.74) is -0.458. The summed E-state index contributed by atoms with van der Waals surface area (Å²) in [4.78, 5) is 23.4. The SMILES string of the molecule is CCC1(OC(=O)COC(=O)CC(C)(C)C)CCCCC1. The molecule has 1 aliphatic rings. The Morgan fingerprint density at radius 3 is 2.15 bits per heavy atom. The van der Waals surface area contributed by atoms with Crippen LogP contribution < -0.4 is 0 Å². The number of hydrogen-bond donors (Lipinski definition) is 0. The molecule has 20 heavy (non-hydrogen) atoms. The number of hydrogen-bond acceptors (Lipinski definition) is 4. The van der Waals surface area contributed by atoms with Crippen molar-refractivity contribution < 1.29 is 19.1 Å². The van der Waals surface area contributed by atoms with E-state index in [1.54, 1.807) is 0 Å². The highest BCUT2D eigenvalue weighted by Crippen LogP contribution is 2.34. The largest absolute Gasteiger partial charge is 0.457 e. The molecule has 0 aliphatic heterocycles. The Morgan fingerprint density at radius 2 is 1.65 bits per heavy atom. The van der Waals surface area contributed by atoms with Gasteiger partial charge >= 0.3 is 11.9 Å². The molecule has 0 aromatic rings. The zero-order valence-corrected chi connectivity index (χ0v) is 13.3. The van der Waals surface area contributed by atoms with Crippen LogP contribution in [0.4, 0.5) is 0 Å². The Bertz CT molecular complexity index is 335. The highest BCUT2D eigenvalue weighted by Gasteiger charge is 2.34. The van der Waals surface area contributed by atoms with Gasteiger partial charge in [0.15, 0.2) is 6.61 Å². The third kappa shape index (κ3) is 5.93. The van der Waals surface area contributed by atoms with E-state index >= 15 is 0 Å². The number of esters is 2. The van der Waals surface area contributed by atoms with Crippen LogP contribution in [0.2, 0.25) is 0 Å². The molecule has 0 radical (unpaired) electrons. The lowest BCUT2D eigenvalue weighted by molar-refractivity contribution is -0.174. The monoisotopic (exact) mass is 284 g/mol. The lowest BCUT2D eigenvalue weighted by Gasteiger charge is -2.35. The van der Waals surface area contributed by atoms with Crippen molar-refractivity contribution in [1.29, 1.82) is 0 Å². The maximum atomic E-state index is 11.8. The molecule has 0 spiro atoms. The molecule has 1 aliphatic carbocycles. The van der Waals surface area contributed by atoms with E-state index in [-0.39, 0.29) is 23.6 Å². The molecule has 0 atom stereocenters. The predicted octanol–water partition coefficient (Wildman–Crippen LogP) is 3.62. The van der Waals surface area contributed by atoms with Crippen molar-refractivity contribution >= 4 is 11.9 Å². The molecule has 1 rings (SSSR count). The van der Waals surface area contributed by atoms with Crippen LogP contribution in [0.15, 0.2) is 0 Å². The second-order valence-electron chi connectivity index (χ2n) is 6.97. The topological polar surface area (TPSA) is 52.6 Å². The second-order valence-corrected chi connectivity index (χ2v) is 6.97. The summed E-state index contributed by atoms with van der Waals surface area (Å²) < 4.78 is 10.6. The minimum absolute atomic E-state index is 0.130. The van der Waals surface area contributed by atoms with Crippen molar-refractivity contribution in [3.05, 3.63) is 0 Å². The molecule has 0 heterocycles. The first-order chi connectivity index (χ1) is 9.26. The molecule has 0 unspecified atom stereocenters. The first-order valence-electron chi connectivity index (χ1n) is 7.64. The van der Waals surface area contributed by atoms with Crippen LogP contribution in [0.3, 0.4) is 0 Å². The van der Waals surface area contributed by atoms with E-state index < -0.39 is 5.97 Å². The van der Waals surface area contributed by atoms with Crippen LogP contribution >= 0.6 is 0 Å². The van der Waals surface area contributed by atoms with E-state index in [0.717, 1.165) is 32.1 Å². The molecule has 0 bridgehead atoms. The summed E-state index contributed by atoms with van der Waals surface area (Å²) in [5, 5.41) is 0. The number of rotatable bonds is 5. The van der Waals surface area contributed by atoms with Gasteiger partial charge in [0.2, 0.25) is 0 Å². The molecule has 0 saturated heterocycles. The van der Waals surface area contributed by atoms with E-state index in [0.29, 0.717) is 6.42 Å². The van der Waals surface area contributed by atoms with Crippen molar-refractivity contribution in [3.8, 4) is 0 Å². The molecule has 4 heteroatoms. The Balaban J connectivity index is 2.37. The Hall–Kier alpha value is -1.06. The summed E-state index contributed by atoms with van der Waals surface area (Å²) in [6, 6.07) is 0. The Kier molecular flexibility index (Phi) is 6.03. The quantitative estimate of drug-likeness (QED) is 0.723. The minimum Gasteiger partial charge on any atom is -0.457 e. The molecule has 116 valence electrons. The van der Waals surface area contributed by atoms with Gasteiger partial charge < -0.3 is 9.47 Å². The fourth-order valence-corrected chi connectivity index (χ4v) is 2.62. The van der Waals surface area contributed by atoms with Crippen LogP contribution in [0.25, 0.3) is 0 Å². The van der Waals surface area contributed by atoms with Gasteiger partial charge in [0, 0.05) is 0 Å². The van der Waals surface area contributed by atoms with Crippen LogP contribution in [0.5, 0.6) is 0 Å². The van der Waals surface area contributed by atoms with E-state index in [1.165, 1.54) is 6.42 Å². The highest BCUT2D eigenvalue weighted by atomic mass is 16.6. The van der Waals surface area contributed by atoms with Crippen LogP contribution in [-0.4, -0.2) is 24.1 Å². The predicted molar refractivity (Wildman–Crippen MR) is 77.2 cm³/mol. The third-order valence-electron chi connectivity index (χ3n) is 3.77. The van der Waals surface area contributed by atoms with Gasteiger partial charge in [-0.05, 0) is 37.5 Å². The molecule has 0 amide bonds. The Morgan fingerprint density at radius 1 is 1.05 bits per heavy atom. The summed E-state index contributed by atoms with van der Waals surface area (Å²) in [6.45, 7) is 7.66. The van der Waals surface area contributed by atoms with Crippen LogP contribution in [-0.2, 0) is 19.1 Å². The van der Waals surface area contributed by atoms with E-state index in [2.05, 4.69) is 0 Å². The molecule has 4 nitrogen and oxygen atoms in total. The summed E-state index contributed by atoms with van der Waals surface area (Å²) in [6.07, 6.45) is 6.39. The van der Waals surface area contributed by atoms with Gasteiger partial charge in [-0.3, -0.25) is 4.79 Å². The number of ether oxygens (including phenoxy) is 2. The zero-order chi connectivity index (χ0) is 15.2. The van der Waals surface area contributed by atoms with Gasteiger partial charge in [0.1, 0.15) is 5.60 Å². The van der Waals surface area contributed by atoms with Crippen LogP contribution in [0, 0.1) is 5.41 Å². The molecule has 1 fully saturated rings. The minimum atomic E-state index is -0.420. The van der Waals surface area contributed by atoms with Crippen LogP contribution in [0.1, 0.15) is 72.6 Å². The molecule has 0 aromatic carbocycles.